The molecule has 0 amide bonds. The van der Waals surface area contributed by atoms with Crippen LogP contribution in [-0.4, -0.2) is 45.0 Å². The number of carbonyl (C=O) groups excluding carboxylic acids is 1. The predicted octanol–water partition coefficient (Wildman–Crippen LogP) is 3.20. The Kier molecular flexibility index (Phi) is 6.01. The fourth-order valence-electron chi connectivity index (χ4n) is 3.36. The highest BCUT2D eigenvalue weighted by Gasteiger charge is 2.32. The molecule has 1 fully saturated rings. The van der Waals surface area contributed by atoms with E-state index in [1.807, 2.05) is 25.1 Å². The molecule has 0 aromatic heterocycles. The first kappa shape index (κ1) is 19.6. The summed E-state index contributed by atoms with van der Waals surface area (Å²) in [7, 11) is -3.59. The monoisotopic (exact) mass is 391 g/mol. The molecule has 0 unspecified atom stereocenters. The van der Waals surface area contributed by atoms with Gasteiger partial charge in [-0.2, -0.15) is 4.31 Å². The third-order valence-corrected chi connectivity index (χ3v) is 6.70. The van der Waals surface area contributed by atoms with Crippen molar-refractivity contribution in [2.24, 2.45) is 5.92 Å². The molecule has 2 aromatic carbocycles. The summed E-state index contributed by atoms with van der Waals surface area (Å²) in [5.41, 5.74) is 0. The van der Waals surface area contributed by atoms with Crippen molar-refractivity contribution in [3.05, 3.63) is 36.4 Å². The summed E-state index contributed by atoms with van der Waals surface area (Å²) >= 11 is 0. The van der Waals surface area contributed by atoms with Crippen molar-refractivity contribution in [1.82, 2.24) is 4.31 Å². The van der Waals surface area contributed by atoms with E-state index >= 15 is 0 Å². The Morgan fingerprint density at radius 3 is 2.37 bits per heavy atom. The Hall–Kier alpha value is -2.12. The van der Waals surface area contributed by atoms with Gasteiger partial charge in [-0.25, -0.2) is 8.42 Å². The molecule has 1 aliphatic heterocycles. The number of hydrogen-bond acceptors (Lipinski definition) is 5. The average molecular weight is 391 g/mol. The number of rotatable bonds is 6. The molecule has 0 N–H and O–H groups in total. The van der Waals surface area contributed by atoms with Crippen LogP contribution < -0.4 is 4.74 Å². The van der Waals surface area contributed by atoms with Gasteiger partial charge in [-0.1, -0.05) is 12.1 Å². The van der Waals surface area contributed by atoms with E-state index in [9.17, 15) is 13.2 Å². The molecule has 7 heteroatoms. The van der Waals surface area contributed by atoms with Crippen LogP contribution in [0.2, 0.25) is 0 Å². The molecule has 1 aliphatic rings. The molecule has 1 heterocycles. The molecule has 27 heavy (non-hydrogen) atoms. The van der Waals surface area contributed by atoms with Gasteiger partial charge >= 0.3 is 5.97 Å². The lowest BCUT2D eigenvalue weighted by atomic mass is 9.98. The molecular formula is C20H25NO5S. The van der Waals surface area contributed by atoms with Crippen LogP contribution in [0.3, 0.4) is 0 Å². The van der Waals surface area contributed by atoms with Gasteiger partial charge in [-0.3, -0.25) is 4.79 Å². The zero-order valence-corrected chi connectivity index (χ0v) is 16.5. The molecule has 0 atom stereocenters. The van der Waals surface area contributed by atoms with E-state index in [-0.39, 0.29) is 16.8 Å². The van der Waals surface area contributed by atoms with Crippen LogP contribution in [0.4, 0.5) is 0 Å². The van der Waals surface area contributed by atoms with Gasteiger partial charge in [0.2, 0.25) is 10.0 Å². The van der Waals surface area contributed by atoms with Crippen LogP contribution in [0, 0.1) is 5.92 Å². The molecular weight excluding hydrogens is 366 g/mol. The van der Waals surface area contributed by atoms with E-state index in [2.05, 4.69) is 0 Å². The molecule has 0 radical (unpaired) electrons. The molecule has 0 aliphatic carbocycles. The second-order valence-electron chi connectivity index (χ2n) is 6.53. The summed E-state index contributed by atoms with van der Waals surface area (Å²) in [6.45, 7) is 5.28. The number of fused-ring (bicyclic) bond motifs is 1. The second-order valence-corrected chi connectivity index (χ2v) is 8.47. The smallest absolute Gasteiger partial charge is 0.309 e. The quantitative estimate of drug-likeness (QED) is 0.707. The number of ether oxygens (including phenoxy) is 2. The zero-order chi connectivity index (χ0) is 19.4. The number of benzene rings is 2. The number of hydrogen-bond donors (Lipinski definition) is 0. The molecule has 6 nitrogen and oxygen atoms in total. The standard InChI is InChI=1S/C20H25NO5S/c1-3-25-18-7-5-17-14-19(8-6-16(17)13-18)27(23,24)21-11-9-15(10-12-21)20(22)26-4-2/h5-8,13-15H,3-4,9-12H2,1-2H3. The zero-order valence-electron chi connectivity index (χ0n) is 15.7. The van der Waals surface area contributed by atoms with Crippen molar-refractivity contribution in [2.75, 3.05) is 26.3 Å². The predicted molar refractivity (Wildman–Crippen MR) is 103 cm³/mol. The first-order valence-corrected chi connectivity index (χ1v) is 10.7. The van der Waals surface area contributed by atoms with Gasteiger partial charge < -0.3 is 9.47 Å². The van der Waals surface area contributed by atoms with Crippen molar-refractivity contribution >= 4 is 26.8 Å². The summed E-state index contributed by atoms with van der Waals surface area (Å²) in [5.74, 6) is 0.317. The minimum Gasteiger partial charge on any atom is -0.494 e. The molecule has 146 valence electrons. The third-order valence-electron chi connectivity index (χ3n) is 4.81. The maximum Gasteiger partial charge on any atom is 0.309 e. The van der Waals surface area contributed by atoms with Crippen LogP contribution in [0.1, 0.15) is 26.7 Å². The largest absolute Gasteiger partial charge is 0.494 e. The number of carbonyl (C=O) groups is 1. The Morgan fingerprint density at radius 2 is 1.70 bits per heavy atom. The number of nitrogens with zero attached hydrogens (tertiary/aromatic N) is 1. The first-order chi connectivity index (χ1) is 13.0. The molecule has 0 saturated carbocycles. The molecule has 2 aromatic rings. The van der Waals surface area contributed by atoms with E-state index < -0.39 is 10.0 Å². The lowest BCUT2D eigenvalue weighted by Gasteiger charge is -2.30. The third kappa shape index (κ3) is 4.25. The van der Waals surface area contributed by atoms with E-state index in [1.54, 1.807) is 25.1 Å². The van der Waals surface area contributed by atoms with Crippen LogP contribution in [0.5, 0.6) is 5.75 Å². The van der Waals surface area contributed by atoms with Gasteiger partial charge in [-0.05, 0) is 61.7 Å². The van der Waals surface area contributed by atoms with Gasteiger partial charge in [0.15, 0.2) is 0 Å². The molecule has 0 spiro atoms. The Balaban J connectivity index is 1.77. The highest BCUT2D eigenvalue weighted by molar-refractivity contribution is 7.89. The van der Waals surface area contributed by atoms with Crippen LogP contribution in [-0.2, 0) is 19.6 Å². The van der Waals surface area contributed by atoms with E-state index in [0.717, 1.165) is 16.5 Å². The van der Waals surface area contributed by atoms with Crippen molar-refractivity contribution in [3.8, 4) is 5.75 Å². The van der Waals surface area contributed by atoms with E-state index in [0.29, 0.717) is 39.1 Å². The summed E-state index contributed by atoms with van der Waals surface area (Å²) in [5, 5.41) is 1.78. The number of piperidine rings is 1. The Labute approximate surface area is 160 Å². The summed E-state index contributed by atoms with van der Waals surface area (Å²) in [6, 6.07) is 10.7. The maximum atomic E-state index is 13.0. The van der Waals surface area contributed by atoms with Crippen molar-refractivity contribution in [2.45, 2.75) is 31.6 Å². The van der Waals surface area contributed by atoms with Crippen LogP contribution in [0.25, 0.3) is 10.8 Å². The van der Waals surface area contributed by atoms with Crippen molar-refractivity contribution in [3.63, 3.8) is 0 Å². The van der Waals surface area contributed by atoms with Gasteiger partial charge in [0.25, 0.3) is 0 Å². The maximum absolute atomic E-state index is 13.0. The lowest BCUT2D eigenvalue weighted by Crippen LogP contribution is -2.40. The van der Waals surface area contributed by atoms with Crippen LogP contribution >= 0.6 is 0 Å². The minimum atomic E-state index is -3.59. The minimum absolute atomic E-state index is 0.218. The number of sulfonamides is 1. The second kappa shape index (κ2) is 8.27. The lowest BCUT2D eigenvalue weighted by molar-refractivity contribution is -0.149. The molecule has 3 rings (SSSR count). The van der Waals surface area contributed by atoms with E-state index in [1.165, 1.54) is 4.31 Å². The first-order valence-electron chi connectivity index (χ1n) is 9.29. The van der Waals surface area contributed by atoms with Gasteiger partial charge in [0.1, 0.15) is 5.75 Å². The summed E-state index contributed by atoms with van der Waals surface area (Å²) < 4.78 is 38.0. The topological polar surface area (TPSA) is 72.9 Å². The Morgan fingerprint density at radius 1 is 1.04 bits per heavy atom. The highest BCUT2D eigenvalue weighted by Crippen LogP contribution is 2.28. The summed E-state index contributed by atoms with van der Waals surface area (Å²) in [4.78, 5) is 12.1. The highest BCUT2D eigenvalue weighted by atomic mass is 32.2. The number of esters is 1. The fourth-order valence-corrected chi connectivity index (χ4v) is 4.87. The van der Waals surface area contributed by atoms with Gasteiger partial charge in [0, 0.05) is 13.1 Å². The van der Waals surface area contributed by atoms with Gasteiger partial charge in [0.05, 0.1) is 24.0 Å². The molecule has 0 bridgehead atoms. The Bertz CT molecular complexity index is 917. The molecule has 1 saturated heterocycles. The van der Waals surface area contributed by atoms with Gasteiger partial charge in [-0.15, -0.1) is 0 Å². The SMILES string of the molecule is CCOC(=O)C1CCN(S(=O)(=O)c2ccc3cc(OCC)ccc3c2)CC1. The van der Waals surface area contributed by atoms with Crippen LogP contribution in [0.15, 0.2) is 41.3 Å². The van der Waals surface area contributed by atoms with Crippen molar-refractivity contribution in [1.29, 1.82) is 0 Å². The fraction of sp³-hybridized carbons (Fsp3) is 0.450. The van der Waals surface area contributed by atoms with E-state index in [4.69, 9.17) is 9.47 Å². The normalized spacial score (nSPS) is 16.4. The summed E-state index contributed by atoms with van der Waals surface area (Å²) in [6.07, 6.45) is 0.979. The average Bonchev–Trinajstić information content (AvgIpc) is 2.68. The van der Waals surface area contributed by atoms with Crippen molar-refractivity contribution < 1.29 is 22.7 Å².